The molecule has 20 heavy (non-hydrogen) atoms. The van der Waals surface area contributed by atoms with Crippen LogP contribution in [0.25, 0.3) is 0 Å². The molecule has 1 atom stereocenters. The third kappa shape index (κ3) is 2.29. The molecule has 0 radical (unpaired) electrons. The average Bonchev–Trinajstić information content (AvgIpc) is 2.87. The molecule has 1 aromatic rings. The van der Waals surface area contributed by atoms with Gasteiger partial charge in [-0.1, -0.05) is 25.1 Å². The van der Waals surface area contributed by atoms with Crippen LogP contribution < -0.4 is 10.6 Å². The Morgan fingerprint density at radius 2 is 2.20 bits per heavy atom. The number of hydrogen-bond donors (Lipinski definition) is 2. The molecule has 0 aromatic heterocycles. The van der Waals surface area contributed by atoms with Gasteiger partial charge in [-0.2, -0.15) is 0 Å². The first-order valence-corrected chi connectivity index (χ1v) is 7.11. The van der Waals surface area contributed by atoms with E-state index in [0.717, 1.165) is 13.0 Å². The topological polar surface area (TPSA) is 61.4 Å². The van der Waals surface area contributed by atoms with Gasteiger partial charge in [-0.3, -0.25) is 19.8 Å². The summed E-state index contributed by atoms with van der Waals surface area (Å²) in [5.41, 5.74) is 3.67. The molecule has 5 heteroatoms. The highest BCUT2D eigenvalue weighted by Crippen LogP contribution is 2.28. The normalized spacial score (nSPS) is 22.4. The Labute approximate surface area is 118 Å². The third-order valence-corrected chi connectivity index (χ3v) is 4.05. The number of fused-ring (bicyclic) bond motifs is 1. The number of benzene rings is 1. The molecule has 5 nitrogen and oxygen atoms in total. The maximum atomic E-state index is 11.9. The maximum absolute atomic E-state index is 11.9. The number of piperazine rings is 1. The van der Waals surface area contributed by atoms with Crippen molar-refractivity contribution in [2.24, 2.45) is 0 Å². The zero-order valence-corrected chi connectivity index (χ0v) is 11.6. The van der Waals surface area contributed by atoms with E-state index in [9.17, 15) is 9.59 Å². The lowest BCUT2D eigenvalue weighted by molar-refractivity contribution is -0.140. The van der Waals surface area contributed by atoms with Gasteiger partial charge in [0.15, 0.2) is 0 Å². The molecule has 2 amide bonds. The molecule has 1 unspecified atom stereocenters. The van der Waals surface area contributed by atoms with E-state index in [1.54, 1.807) is 0 Å². The first-order valence-electron chi connectivity index (χ1n) is 7.11. The SMILES string of the molecule is CCC1C(=O)NC(=O)CN1Cc1cccc2c1NCC2. The van der Waals surface area contributed by atoms with Crippen LogP contribution in [0.4, 0.5) is 5.69 Å². The van der Waals surface area contributed by atoms with Crippen molar-refractivity contribution in [2.75, 3.05) is 18.4 Å². The molecule has 0 bridgehead atoms. The van der Waals surface area contributed by atoms with Crippen LogP contribution in [0.5, 0.6) is 0 Å². The van der Waals surface area contributed by atoms with E-state index in [1.807, 2.05) is 17.9 Å². The van der Waals surface area contributed by atoms with Crippen LogP contribution in [0.1, 0.15) is 24.5 Å². The molecule has 1 saturated heterocycles. The number of hydrogen-bond acceptors (Lipinski definition) is 4. The van der Waals surface area contributed by atoms with Crippen molar-refractivity contribution < 1.29 is 9.59 Å². The molecule has 2 N–H and O–H groups in total. The van der Waals surface area contributed by atoms with Crippen molar-refractivity contribution in [2.45, 2.75) is 32.4 Å². The number of para-hydroxylation sites is 1. The van der Waals surface area contributed by atoms with Crippen molar-refractivity contribution in [3.8, 4) is 0 Å². The Hall–Kier alpha value is -1.88. The summed E-state index contributed by atoms with van der Waals surface area (Å²) in [4.78, 5) is 25.4. The number of carbonyl (C=O) groups excluding carboxylic acids is 2. The van der Waals surface area contributed by atoms with Crippen molar-refractivity contribution in [3.05, 3.63) is 29.3 Å². The van der Waals surface area contributed by atoms with E-state index in [0.29, 0.717) is 13.0 Å². The van der Waals surface area contributed by atoms with Gasteiger partial charge in [0.2, 0.25) is 11.8 Å². The number of amides is 2. The quantitative estimate of drug-likeness (QED) is 0.803. The van der Waals surface area contributed by atoms with Gasteiger partial charge in [0.1, 0.15) is 0 Å². The van der Waals surface area contributed by atoms with Gasteiger partial charge < -0.3 is 5.32 Å². The van der Waals surface area contributed by atoms with Crippen LogP contribution in [0, 0.1) is 0 Å². The Morgan fingerprint density at radius 3 is 3.00 bits per heavy atom. The molecule has 3 rings (SSSR count). The molecule has 0 spiro atoms. The smallest absolute Gasteiger partial charge is 0.243 e. The summed E-state index contributed by atoms with van der Waals surface area (Å²) in [6.45, 7) is 3.85. The second-order valence-electron chi connectivity index (χ2n) is 5.37. The monoisotopic (exact) mass is 273 g/mol. The second-order valence-corrected chi connectivity index (χ2v) is 5.37. The molecular weight excluding hydrogens is 254 g/mol. The van der Waals surface area contributed by atoms with E-state index in [1.165, 1.54) is 16.8 Å². The molecule has 106 valence electrons. The highest BCUT2D eigenvalue weighted by molar-refractivity contribution is 6.01. The molecule has 2 heterocycles. The van der Waals surface area contributed by atoms with E-state index < -0.39 is 0 Å². The number of rotatable bonds is 3. The lowest BCUT2D eigenvalue weighted by atomic mass is 10.0. The van der Waals surface area contributed by atoms with Crippen molar-refractivity contribution in [1.29, 1.82) is 0 Å². The summed E-state index contributed by atoms with van der Waals surface area (Å²) >= 11 is 0. The van der Waals surface area contributed by atoms with Crippen molar-refractivity contribution in [3.63, 3.8) is 0 Å². The van der Waals surface area contributed by atoms with Crippen LogP contribution >= 0.6 is 0 Å². The van der Waals surface area contributed by atoms with Crippen LogP contribution in [-0.2, 0) is 22.6 Å². The molecule has 0 aliphatic carbocycles. The Morgan fingerprint density at radius 1 is 1.35 bits per heavy atom. The standard InChI is InChI=1S/C15H19N3O2/c1-2-12-15(20)17-13(19)9-18(12)8-11-5-3-4-10-6-7-16-14(10)11/h3-5,12,16H,2,6-9H2,1H3,(H,17,19,20). The fourth-order valence-corrected chi connectivity index (χ4v) is 3.09. The first kappa shape index (κ1) is 13.1. The highest BCUT2D eigenvalue weighted by atomic mass is 16.2. The van der Waals surface area contributed by atoms with Crippen LogP contribution in [0.15, 0.2) is 18.2 Å². The van der Waals surface area contributed by atoms with Gasteiger partial charge in [0, 0.05) is 18.8 Å². The molecule has 1 fully saturated rings. The summed E-state index contributed by atoms with van der Waals surface area (Å²) in [5.74, 6) is -0.385. The summed E-state index contributed by atoms with van der Waals surface area (Å²) in [6, 6.07) is 6.03. The van der Waals surface area contributed by atoms with E-state index in [2.05, 4.69) is 22.8 Å². The third-order valence-electron chi connectivity index (χ3n) is 4.05. The number of nitrogens with zero attached hydrogens (tertiary/aromatic N) is 1. The van der Waals surface area contributed by atoms with Gasteiger partial charge in [-0.15, -0.1) is 0 Å². The van der Waals surface area contributed by atoms with Gasteiger partial charge >= 0.3 is 0 Å². The minimum Gasteiger partial charge on any atom is -0.384 e. The minimum atomic E-state index is -0.218. The van der Waals surface area contributed by atoms with Crippen LogP contribution in [0.3, 0.4) is 0 Å². The van der Waals surface area contributed by atoms with Gasteiger partial charge in [0.25, 0.3) is 0 Å². The Balaban J connectivity index is 1.84. The number of carbonyl (C=O) groups is 2. The van der Waals surface area contributed by atoms with Crippen LogP contribution in [0.2, 0.25) is 0 Å². The fourth-order valence-electron chi connectivity index (χ4n) is 3.09. The number of nitrogens with one attached hydrogen (secondary N) is 2. The zero-order chi connectivity index (χ0) is 14.1. The Kier molecular flexibility index (Phi) is 3.44. The molecule has 2 aliphatic heterocycles. The molecule has 2 aliphatic rings. The largest absolute Gasteiger partial charge is 0.384 e. The maximum Gasteiger partial charge on any atom is 0.243 e. The number of anilines is 1. The summed E-state index contributed by atoms with van der Waals surface area (Å²) in [6.07, 6.45) is 1.75. The van der Waals surface area contributed by atoms with Crippen LogP contribution in [-0.4, -0.2) is 35.8 Å². The average molecular weight is 273 g/mol. The minimum absolute atomic E-state index is 0.177. The van der Waals surface area contributed by atoms with Gasteiger partial charge in [-0.25, -0.2) is 0 Å². The second kappa shape index (κ2) is 5.25. The predicted molar refractivity (Wildman–Crippen MR) is 76.3 cm³/mol. The predicted octanol–water partition coefficient (Wildman–Crippen LogP) is 0.892. The fraction of sp³-hybridized carbons (Fsp3) is 0.467. The van der Waals surface area contributed by atoms with E-state index in [-0.39, 0.29) is 24.4 Å². The van der Waals surface area contributed by atoms with Gasteiger partial charge in [0.05, 0.1) is 12.6 Å². The van der Waals surface area contributed by atoms with E-state index >= 15 is 0 Å². The molecular formula is C15H19N3O2. The summed E-state index contributed by atoms with van der Waals surface area (Å²) in [5, 5.41) is 5.81. The van der Waals surface area contributed by atoms with Crippen molar-refractivity contribution >= 4 is 17.5 Å². The summed E-state index contributed by atoms with van der Waals surface area (Å²) < 4.78 is 0. The van der Waals surface area contributed by atoms with Gasteiger partial charge in [-0.05, 0) is 24.0 Å². The van der Waals surface area contributed by atoms with E-state index in [4.69, 9.17) is 0 Å². The summed E-state index contributed by atoms with van der Waals surface area (Å²) in [7, 11) is 0. The number of imide groups is 1. The first-order chi connectivity index (χ1) is 9.69. The lowest BCUT2D eigenvalue weighted by Crippen LogP contribution is -2.57. The Bertz CT molecular complexity index is 556. The highest BCUT2D eigenvalue weighted by Gasteiger charge is 2.32. The lowest BCUT2D eigenvalue weighted by Gasteiger charge is -2.33. The molecule has 1 aromatic carbocycles. The van der Waals surface area contributed by atoms with Crippen molar-refractivity contribution in [1.82, 2.24) is 10.2 Å². The molecule has 0 saturated carbocycles. The zero-order valence-electron chi connectivity index (χ0n) is 11.6.